The van der Waals surface area contributed by atoms with Crippen LogP contribution < -0.4 is 10.2 Å². The Kier molecular flexibility index (Phi) is 5.49. The van der Waals surface area contributed by atoms with Gasteiger partial charge in [0.05, 0.1) is 6.61 Å². The minimum atomic E-state index is -0.282. The fourth-order valence-electron chi connectivity index (χ4n) is 1.63. The molecule has 0 aliphatic heterocycles. The second-order valence-electron chi connectivity index (χ2n) is 4.30. The van der Waals surface area contributed by atoms with Crippen molar-refractivity contribution in [3.05, 3.63) is 24.3 Å². The molecular formula is C14H22N2O2. The van der Waals surface area contributed by atoms with E-state index >= 15 is 0 Å². The number of ether oxygens (including phenoxy) is 1. The minimum absolute atomic E-state index is 0.198. The zero-order valence-electron chi connectivity index (χ0n) is 11.6. The summed E-state index contributed by atoms with van der Waals surface area (Å²) in [5.41, 5.74) is 2.06. The highest BCUT2D eigenvalue weighted by Gasteiger charge is 2.16. The maximum atomic E-state index is 11.7. The molecule has 4 nitrogen and oxygen atoms in total. The van der Waals surface area contributed by atoms with Crippen LogP contribution in [-0.4, -0.2) is 32.7 Å². The molecule has 100 valence electrons. The number of carbonyl (C=O) groups is 1. The van der Waals surface area contributed by atoms with Crippen LogP contribution in [0.15, 0.2) is 24.3 Å². The summed E-state index contributed by atoms with van der Waals surface area (Å²) in [6, 6.07) is 7.68. The van der Waals surface area contributed by atoms with Crippen LogP contribution in [0.5, 0.6) is 0 Å². The lowest BCUT2D eigenvalue weighted by atomic mass is 10.2. The van der Waals surface area contributed by atoms with Crippen molar-refractivity contribution in [3.63, 3.8) is 0 Å². The number of anilines is 2. The van der Waals surface area contributed by atoms with Crippen LogP contribution in [0.2, 0.25) is 0 Å². The summed E-state index contributed by atoms with van der Waals surface area (Å²) in [6.45, 7) is 4.19. The molecule has 0 aliphatic rings. The van der Waals surface area contributed by atoms with Crippen LogP contribution in [-0.2, 0) is 9.53 Å². The molecule has 0 amide bonds. The molecular weight excluding hydrogens is 228 g/mol. The topological polar surface area (TPSA) is 41.6 Å². The lowest BCUT2D eigenvalue weighted by Gasteiger charge is -2.18. The Morgan fingerprint density at radius 3 is 2.33 bits per heavy atom. The molecule has 1 atom stereocenters. The van der Waals surface area contributed by atoms with Crippen LogP contribution in [0.1, 0.15) is 20.3 Å². The number of rotatable bonds is 6. The molecule has 0 aromatic heterocycles. The number of carbonyl (C=O) groups excluding carboxylic acids is 1. The van der Waals surface area contributed by atoms with Gasteiger partial charge in [0.1, 0.15) is 6.04 Å². The third-order valence-electron chi connectivity index (χ3n) is 2.70. The first kappa shape index (κ1) is 14.4. The molecule has 18 heavy (non-hydrogen) atoms. The van der Waals surface area contributed by atoms with Gasteiger partial charge in [-0.05, 0) is 37.6 Å². The van der Waals surface area contributed by atoms with Crippen LogP contribution in [0.25, 0.3) is 0 Å². The Hall–Kier alpha value is -1.71. The van der Waals surface area contributed by atoms with Gasteiger partial charge in [-0.1, -0.05) is 6.92 Å². The van der Waals surface area contributed by atoms with Crippen LogP contribution in [0, 0.1) is 0 Å². The van der Waals surface area contributed by atoms with Gasteiger partial charge in [-0.15, -0.1) is 0 Å². The lowest BCUT2D eigenvalue weighted by Crippen LogP contribution is -2.30. The molecule has 1 N–H and O–H groups in total. The SMILES string of the molecule is CCOC(=O)C(CC)Nc1ccc(N(C)C)cc1. The van der Waals surface area contributed by atoms with Crippen LogP contribution in [0.3, 0.4) is 0 Å². The summed E-state index contributed by atoms with van der Waals surface area (Å²) < 4.78 is 5.02. The van der Waals surface area contributed by atoms with E-state index in [0.29, 0.717) is 13.0 Å². The average molecular weight is 250 g/mol. The standard InChI is InChI=1S/C14H22N2O2/c1-5-13(14(17)18-6-2)15-11-7-9-12(10-8-11)16(3)4/h7-10,13,15H,5-6H2,1-4H3. The molecule has 0 fully saturated rings. The first-order valence-electron chi connectivity index (χ1n) is 6.29. The highest BCUT2D eigenvalue weighted by Crippen LogP contribution is 2.17. The van der Waals surface area contributed by atoms with Gasteiger partial charge in [0, 0.05) is 25.5 Å². The van der Waals surface area contributed by atoms with Crippen molar-refractivity contribution in [1.29, 1.82) is 0 Å². The van der Waals surface area contributed by atoms with Crippen molar-refractivity contribution in [2.75, 3.05) is 30.9 Å². The average Bonchev–Trinajstić information content (AvgIpc) is 2.36. The summed E-state index contributed by atoms with van der Waals surface area (Å²) in [7, 11) is 3.99. The lowest BCUT2D eigenvalue weighted by molar-refractivity contribution is -0.144. The maximum Gasteiger partial charge on any atom is 0.328 e. The van der Waals surface area contributed by atoms with Crippen molar-refractivity contribution in [2.45, 2.75) is 26.3 Å². The number of esters is 1. The van der Waals surface area contributed by atoms with Gasteiger partial charge in [0.15, 0.2) is 0 Å². The molecule has 0 saturated carbocycles. The molecule has 0 bridgehead atoms. The maximum absolute atomic E-state index is 11.7. The number of hydrogen-bond donors (Lipinski definition) is 1. The van der Waals surface area contributed by atoms with Gasteiger partial charge in [-0.2, -0.15) is 0 Å². The Bertz CT molecular complexity index is 374. The molecule has 0 heterocycles. The first-order valence-corrected chi connectivity index (χ1v) is 6.29. The highest BCUT2D eigenvalue weighted by molar-refractivity contribution is 5.79. The number of nitrogens with one attached hydrogen (secondary N) is 1. The smallest absolute Gasteiger partial charge is 0.328 e. The quantitative estimate of drug-likeness (QED) is 0.788. The molecule has 1 rings (SSSR count). The van der Waals surface area contributed by atoms with Crippen molar-refractivity contribution in [1.82, 2.24) is 0 Å². The van der Waals surface area contributed by atoms with Crippen molar-refractivity contribution < 1.29 is 9.53 Å². The number of hydrogen-bond acceptors (Lipinski definition) is 4. The van der Waals surface area contributed by atoms with E-state index in [1.54, 1.807) is 0 Å². The van der Waals surface area contributed by atoms with E-state index in [0.717, 1.165) is 11.4 Å². The molecule has 0 aliphatic carbocycles. The summed E-state index contributed by atoms with van der Waals surface area (Å²) in [4.78, 5) is 13.7. The Morgan fingerprint density at radius 1 is 1.28 bits per heavy atom. The number of nitrogens with zero attached hydrogens (tertiary/aromatic N) is 1. The Morgan fingerprint density at radius 2 is 1.89 bits per heavy atom. The Labute approximate surface area is 109 Å². The molecule has 0 spiro atoms. The summed E-state index contributed by atoms with van der Waals surface area (Å²) in [6.07, 6.45) is 0.703. The predicted molar refractivity (Wildman–Crippen MR) is 75.1 cm³/mol. The molecule has 4 heteroatoms. The van der Waals surface area contributed by atoms with E-state index in [4.69, 9.17) is 4.74 Å². The first-order chi connectivity index (χ1) is 8.58. The fourth-order valence-corrected chi connectivity index (χ4v) is 1.63. The van der Waals surface area contributed by atoms with Crippen molar-refractivity contribution in [2.24, 2.45) is 0 Å². The largest absolute Gasteiger partial charge is 0.464 e. The van der Waals surface area contributed by atoms with Gasteiger partial charge in [0.25, 0.3) is 0 Å². The minimum Gasteiger partial charge on any atom is -0.464 e. The van der Waals surface area contributed by atoms with Crippen LogP contribution >= 0.6 is 0 Å². The zero-order chi connectivity index (χ0) is 13.5. The van der Waals surface area contributed by atoms with E-state index < -0.39 is 0 Å². The normalized spacial score (nSPS) is 11.8. The fraction of sp³-hybridized carbons (Fsp3) is 0.500. The molecule has 1 aromatic carbocycles. The van der Waals surface area contributed by atoms with E-state index in [2.05, 4.69) is 5.32 Å². The Balaban J connectivity index is 2.67. The third-order valence-corrected chi connectivity index (χ3v) is 2.70. The second kappa shape index (κ2) is 6.89. The van der Waals surface area contributed by atoms with Gasteiger partial charge in [0.2, 0.25) is 0 Å². The second-order valence-corrected chi connectivity index (χ2v) is 4.30. The van der Waals surface area contributed by atoms with Crippen LogP contribution in [0.4, 0.5) is 11.4 Å². The molecule has 1 unspecified atom stereocenters. The third kappa shape index (κ3) is 3.95. The van der Waals surface area contributed by atoms with E-state index in [1.807, 2.05) is 57.1 Å². The summed E-state index contributed by atoms with van der Waals surface area (Å²) in [5.74, 6) is -0.198. The number of benzene rings is 1. The van der Waals surface area contributed by atoms with Crippen molar-refractivity contribution >= 4 is 17.3 Å². The van der Waals surface area contributed by atoms with E-state index in [-0.39, 0.29) is 12.0 Å². The van der Waals surface area contributed by atoms with Crippen molar-refractivity contribution in [3.8, 4) is 0 Å². The van der Waals surface area contributed by atoms with E-state index in [9.17, 15) is 4.79 Å². The van der Waals surface area contributed by atoms with Gasteiger partial charge >= 0.3 is 5.97 Å². The van der Waals surface area contributed by atoms with Gasteiger partial charge < -0.3 is 15.0 Å². The summed E-state index contributed by atoms with van der Waals surface area (Å²) in [5, 5.41) is 3.19. The highest BCUT2D eigenvalue weighted by atomic mass is 16.5. The van der Waals surface area contributed by atoms with Gasteiger partial charge in [-0.25, -0.2) is 4.79 Å². The predicted octanol–water partition coefficient (Wildman–Crippen LogP) is 2.51. The molecule has 0 saturated heterocycles. The van der Waals surface area contributed by atoms with E-state index in [1.165, 1.54) is 0 Å². The summed E-state index contributed by atoms with van der Waals surface area (Å²) >= 11 is 0. The molecule has 0 radical (unpaired) electrons. The zero-order valence-corrected chi connectivity index (χ0v) is 11.6. The van der Waals surface area contributed by atoms with Gasteiger partial charge in [-0.3, -0.25) is 0 Å². The molecule has 1 aromatic rings. The monoisotopic (exact) mass is 250 g/mol.